The van der Waals surface area contributed by atoms with Crippen molar-refractivity contribution in [2.45, 2.75) is 13.5 Å². The molecule has 0 unspecified atom stereocenters. The molecule has 2 aromatic heterocycles. The van der Waals surface area contributed by atoms with E-state index >= 15 is 0 Å². The Kier molecular flexibility index (Phi) is 4.31. The van der Waals surface area contributed by atoms with Gasteiger partial charge >= 0.3 is 0 Å². The van der Waals surface area contributed by atoms with Gasteiger partial charge in [0.2, 0.25) is 5.95 Å². The standard InChI is InChI=1S/C20H18N4S/c1-14-8-10-15(11-9-14)22-20-23-18-7-3-2-6-17(18)19(24-20)21-13-16-5-4-12-25-16/h2-12H,13H2,1H3,(H2,21,22,23,24). The van der Waals surface area contributed by atoms with E-state index in [2.05, 4.69) is 57.2 Å². The maximum Gasteiger partial charge on any atom is 0.229 e. The van der Waals surface area contributed by atoms with Crippen LogP contribution < -0.4 is 10.6 Å². The van der Waals surface area contributed by atoms with Gasteiger partial charge in [-0.2, -0.15) is 4.98 Å². The zero-order valence-corrected chi connectivity index (χ0v) is 14.7. The molecule has 2 N–H and O–H groups in total. The van der Waals surface area contributed by atoms with Gasteiger partial charge in [-0.3, -0.25) is 0 Å². The maximum absolute atomic E-state index is 4.69. The number of benzene rings is 2. The fourth-order valence-electron chi connectivity index (χ4n) is 2.62. The summed E-state index contributed by atoms with van der Waals surface area (Å²) in [6.45, 7) is 2.82. The van der Waals surface area contributed by atoms with Gasteiger partial charge in [0.15, 0.2) is 0 Å². The van der Waals surface area contributed by atoms with Gasteiger partial charge in [-0.1, -0.05) is 35.9 Å². The number of thiophene rings is 1. The van der Waals surface area contributed by atoms with Crippen molar-refractivity contribution in [3.05, 3.63) is 76.5 Å². The summed E-state index contributed by atoms with van der Waals surface area (Å²) >= 11 is 1.73. The highest BCUT2D eigenvalue weighted by Gasteiger charge is 2.08. The van der Waals surface area contributed by atoms with Gasteiger partial charge in [0.1, 0.15) is 5.82 Å². The van der Waals surface area contributed by atoms with Crippen LogP contribution in [0.3, 0.4) is 0 Å². The molecule has 0 saturated heterocycles. The summed E-state index contributed by atoms with van der Waals surface area (Å²) in [6, 6.07) is 20.4. The molecule has 2 heterocycles. The van der Waals surface area contributed by atoms with E-state index < -0.39 is 0 Å². The van der Waals surface area contributed by atoms with E-state index in [1.165, 1.54) is 10.4 Å². The molecule has 2 aromatic carbocycles. The molecule has 5 heteroatoms. The highest BCUT2D eigenvalue weighted by molar-refractivity contribution is 7.09. The number of hydrogen-bond acceptors (Lipinski definition) is 5. The summed E-state index contributed by atoms with van der Waals surface area (Å²) in [7, 11) is 0. The van der Waals surface area contributed by atoms with Gasteiger partial charge in [-0.15, -0.1) is 11.3 Å². The molecule has 4 aromatic rings. The summed E-state index contributed by atoms with van der Waals surface area (Å²) < 4.78 is 0. The topological polar surface area (TPSA) is 49.8 Å². The van der Waals surface area contributed by atoms with Crippen molar-refractivity contribution >= 4 is 39.7 Å². The number of nitrogens with one attached hydrogen (secondary N) is 2. The normalized spacial score (nSPS) is 10.8. The number of fused-ring (bicyclic) bond motifs is 1. The number of nitrogens with zero attached hydrogens (tertiary/aromatic N) is 2. The number of aromatic nitrogens is 2. The average molecular weight is 346 g/mol. The molecule has 0 amide bonds. The lowest BCUT2D eigenvalue weighted by Gasteiger charge is -2.11. The molecule has 0 aliphatic heterocycles. The van der Waals surface area contributed by atoms with Gasteiger partial charge in [-0.25, -0.2) is 4.98 Å². The van der Waals surface area contributed by atoms with Crippen molar-refractivity contribution in [3.8, 4) is 0 Å². The Labute approximate surface area is 150 Å². The third-order valence-corrected chi connectivity index (χ3v) is 4.80. The first-order valence-corrected chi connectivity index (χ1v) is 9.03. The van der Waals surface area contributed by atoms with Crippen molar-refractivity contribution in [2.75, 3.05) is 10.6 Å². The highest BCUT2D eigenvalue weighted by Crippen LogP contribution is 2.24. The first kappa shape index (κ1) is 15.6. The first-order chi connectivity index (χ1) is 12.3. The molecule has 0 bridgehead atoms. The van der Waals surface area contributed by atoms with Crippen molar-refractivity contribution in [2.24, 2.45) is 0 Å². The van der Waals surface area contributed by atoms with Crippen molar-refractivity contribution in [3.63, 3.8) is 0 Å². The minimum Gasteiger partial charge on any atom is -0.364 e. The van der Waals surface area contributed by atoms with E-state index in [-0.39, 0.29) is 0 Å². The molecule has 25 heavy (non-hydrogen) atoms. The number of anilines is 3. The molecule has 0 radical (unpaired) electrons. The van der Waals surface area contributed by atoms with Crippen LogP contribution in [0.4, 0.5) is 17.5 Å². The summed E-state index contributed by atoms with van der Waals surface area (Å²) in [5.41, 5.74) is 3.12. The lowest BCUT2D eigenvalue weighted by molar-refractivity contribution is 1.13. The Hall–Kier alpha value is -2.92. The molecule has 0 spiro atoms. The molecule has 4 rings (SSSR count). The number of hydrogen-bond donors (Lipinski definition) is 2. The monoisotopic (exact) mass is 346 g/mol. The highest BCUT2D eigenvalue weighted by atomic mass is 32.1. The Balaban J connectivity index is 1.66. The smallest absolute Gasteiger partial charge is 0.229 e. The van der Waals surface area contributed by atoms with E-state index in [4.69, 9.17) is 0 Å². The quantitative estimate of drug-likeness (QED) is 0.511. The fraction of sp³-hybridized carbons (Fsp3) is 0.100. The average Bonchev–Trinajstić information content (AvgIpc) is 3.15. The lowest BCUT2D eigenvalue weighted by atomic mass is 10.2. The van der Waals surface area contributed by atoms with E-state index in [9.17, 15) is 0 Å². The van der Waals surface area contributed by atoms with Gasteiger partial charge in [0.05, 0.1) is 12.1 Å². The molecule has 0 aliphatic rings. The second-order valence-electron chi connectivity index (χ2n) is 5.84. The maximum atomic E-state index is 4.69. The van der Waals surface area contributed by atoms with Crippen LogP contribution in [-0.2, 0) is 6.54 Å². The van der Waals surface area contributed by atoms with E-state index in [0.717, 1.165) is 29.0 Å². The Bertz CT molecular complexity index is 978. The Morgan fingerprint density at radius 1 is 0.920 bits per heavy atom. The van der Waals surface area contributed by atoms with Gasteiger partial charge < -0.3 is 10.6 Å². The van der Waals surface area contributed by atoms with Crippen LogP contribution in [0.1, 0.15) is 10.4 Å². The number of rotatable bonds is 5. The largest absolute Gasteiger partial charge is 0.364 e. The van der Waals surface area contributed by atoms with Crippen LogP contribution in [-0.4, -0.2) is 9.97 Å². The van der Waals surface area contributed by atoms with Crippen molar-refractivity contribution < 1.29 is 0 Å². The van der Waals surface area contributed by atoms with Gasteiger partial charge in [-0.05, 0) is 42.6 Å². The molecular weight excluding hydrogens is 328 g/mol. The minimum atomic E-state index is 0.594. The Morgan fingerprint density at radius 2 is 1.76 bits per heavy atom. The molecular formula is C20H18N4S. The first-order valence-electron chi connectivity index (χ1n) is 8.15. The second kappa shape index (κ2) is 6.91. The van der Waals surface area contributed by atoms with E-state index in [1.54, 1.807) is 11.3 Å². The summed E-state index contributed by atoms with van der Waals surface area (Å²) in [5, 5.41) is 9.85. The van der Waals surface area contributed by atoms with Crippen LogP contribution >= 0.6 is 11.3 Å². The molecule has 124 valence electrons. The fourth-order valence-corrected chi connectivity index (χ4v) is 3.26. The second-order valence-corrected chi connectivity index (χ2v) is 6.87. The van der Waals surface area contributed by atoms with E-state index in [1.807, 2.05) is 36.4 Å². The molecule has 0 fully saturated rings. The third kappa shape index (κ3) is 3.61. The van der Waals surface area contributed by atoms with Crippen LogP contribution in [0.2, 0.25) is 0 Å². The van der Waals surface area contributed by atoms with E-state index in [0.29, 0.717) is 5.95 Å². The summed E-state index contributed by atoms with van der Waals surface area (Å²) in [4.78, 5) is 10.6. The van der Waals surface area contributed by atoms with Crippen LogP contribution in [0.5, 0.6) is 0 Å². The van der Waals surface area contributed by atoms with Crippen LogP contribution in [0.15, 0.2) is 66.0 Å². The zero-order chi connectivity index (χ0) is 17.1. The molecule has 0 atom stereocenters. The third-order valence-electron chi connectivity index (χ3n) is 3.92. The predicted octanol–water partition coefficient (Wildman–Crippen LogP) is 5.36. The Morgan fingerprint density at radius 3 is 2.56 bits per heavy atom. The van der Waals surface area contributed by atoms with Gasteiger partial charge in [0.25, 0.3) is 0 Å². The number of aryl methyl sites for hydroxylation is 1. The van der Waals surface area contributed by atoms with Crippen molar-refractivity contribution in [1.29, 1.82) is 0 Å². The zero-order valence-electron chi connectivity index (χ0n) is 13.9. The minimum absolute atomic E-state index is 0.594. The molecule has 0 saturated carbocycles. The predicted molar refractivity (Wildman–Crippen MR) is 106 cm³/mol. The lowest BCUT2D eigenvalue weighted by Crippen LogP contribution is -2.05. The summed E-state index contributed by atoms with van der Waals surface area (Å²) in [6.07, 6.45) is 0. The SMILES string of the molecule is Cc1ccc(Nc2nc(NCc3cccs3)c3ccccc3n2)cc1. The van der Waals surface area contributed by atoms with Crippen molar-refractivity contribution in [1.82, 2.24) is 9.97 Å². The number of para-hydroxylation sites is 1. The van der Waals surface area contributed by atoms with Crippen LogP contribution in [0, 0.1) is 6.92 Å². The molecule has 4 nitrogen and oxygen atoms in total. The van der Waals surface area contributed by atoms with Crippen LogP contribution in [0.25, 0.3) is 10.9 Å². The molecule has 0 aliphatic carbocycles. The summed E-state index contributed by atoms with van der Waals surface area (Å²) in [5.74, 6) is 1.44. The van der Waals surface area contributed by atoms with Gasteiger partial charge in [0, 0.05) is 16.0 Å².